The van der Waals surface area contributed by atoms with Gasteiger partial charge in [-0.25, -0.2) is 0 Å². The van der Waals surface area contributed by atoms with Crippen LogP contribution in [-0.4, -0.2) is 638 Å². The molecule has 0 aromatic carbocycles. The fourth-order valence-corrected chi connectivity index (χ4v) is 16.3. The van der Waals surface area contributed by atoms with Crippen molar-refractivity contribution in [3.63, 3.8) is 0 Å². The van der Waals surface area contributed by atoms with Crippen molar-refractivity contribution in [2.45, 2.75) is 5.62 Å². The first kappa shape index (κ1) is 96.8. The van der Waals surface area contributed by atoms with E-state index >= 15 is 0 Å². The third kappa shape index (κ3) is 26.1. The van der Waals surface area contributed by atoms with Crippen molar-refractivity contribution in [2.24, 2.45) is 0 Å². The van der Waals surface area contributed by atoms with Crippen molar-refractivity contribution in [1.82, 2.24) is 0 Å². The Bertz CT molecular complexity index is 1470. The summed E-state index contributed by atoms with van der Waals surface area (Å²) in [7, 11) is 323. The molecular formula is CHB90. The van der Waals surface area contributed by atoms with E-state index in [1.165, 1.54) is 0 Å². The van der Waals surface area contributed by atoms with Gasteiger partial charge in [0, 0.05) is 638 Å². The zero-order valence-electron chi connectivity index (χ0n) is 52.5. The van der Waals surface area contributed by atoms with Gasteiger partial charge < -0.3 is 0 Å². The summed E-state index contributed by atoms with van der Waals surface area (Å²) in [6, 6.07) is 0. The van der Waals surface area contributed by atoms with Crippen LogP contribution < -0.4 is 0 Å². The van der Waals surface area contributed by atoms with Gasteiger partial charge in [0.15, 0.2) is 0 Å². The summed E-state index contributed by atoms with van der Waals surface area (Å²) < 4.78 is 0. The highest BCUT2D eigenvalue weighted by molar-refractivity contribution is 8.32. The first-order valence-electron chi connectivity index (χ1n) is 30.0. The van der Waals surface area contributed by atoms with E-state index in [9.17, 15) is 0 Å². The van der Waals surface area contributed by atoms with Gasteiger partial charge in [-0.15, -0.1) is 5.62 Å². The van der Waals surface area contributed by atoms with Gasteiger partial charge in [-0.05, 0) is 0 Å². The number of hydrogen-bond donors (Lipinski definition) is 0. The molecule has 0 atom stereocenters. The molecule has 0 rings (SSSR count). The van der Waals surface area contributed by atoms with Gasteiger partial charge in [0.2, 0.25) is 0 Å². The second kappa shape index (κ2) is 44.7. The first-order chi connectivity index (χ1) is 41.4. The molecule has 0 spiro atoms. The van der Waals surface area contributed by atoms with Gasteiger partial charge in [0.05, 0.1) is 0 Å². The highest BCUT2D eigenvalue weighted by atomic mass is 13.7. The molecule has 0 amide bonds. The summed E-state index contributed by atoms with van der Waals surface area (Å²) in [6.45, 7) is -6.09. The Hall–Kier alpha value is 5.84. The highest BCUT2D eigenvalue weighted by Crippen LogP contribution is 2.37. The van der Waals surface area contributed by atoms with Crippen LogP contribution >= 0.6 is 0 Å². The SMILES string of the molecule is [B][B]B([B])B(B(B([B])[B])B([B])[B])B(B(B(B([B])[B])B([B])[B])B(B([B])[B])B([B])[B])C(B(B(B(B([B])[B])B([B])[B])B(B([B])[B])B([B])[B])B(B(B([B])[B])B([B])[B])B(B([B])[B])B([B])[B])B(B(B(B([B])[B])B([B])[B])B(B([B])[B])B([B])[B])B(B(B([B])[B])B([B])[B])B(B([B])[B])B([B])[B]. The van der Waals surface area contributed by atoms with Gasteiger partial charge in [-0.3, -0.25) is 0 Å². The molecule has 0 N–H and O–H groups in total. The van der Waals surface area contributed by atoms with Gasteiger partial charge >= 0.3 is 0 Å². The lowest BCUT2D eigenvalue weighted by molar-refractivity contribution is 1.80. The van der Waals surface area contributed by atoms with Crippen LogP contribution in [0.15, 0.2) is 0 Å². The summed E-state index contributed by atoms with van der Waals surface area (Å²) in [6.07, 6.45) is -70.6. The Morgan fingerprint density at radius 1 is 0.132 bits per heavy atom. The molecule has 0 unspecified atom stereocenters. The maximum atomic E-state index is 7.54. The molecule has 0 saturated heterocycles. The van der Waals surface area contributed by atoms with Gasteiger partial charge in [-0.1, -0.05) is 0 Å². The molecule has 93 radical (unpaired) electrons. The minimum absolute atomic E-state index is 0.994. The molecule has 0 aromatic heterocycles. The Kier molecular flexibility index (Phi) is 47.6. The summed E-state index contributed by atoms with van der Waals surface area (Å²) >= 11 is 0. The fraction of sp³-hybridized carbons (Fsp3) is 1.00. The van der Waals surface area contributed by atoms with Crippen LogP contribution in [0.3, 0.4) is 0 Å². The van der Waals surface area contributed by atoms with Gasteiger partial charge in [0.25, 0.3) is 0 Å². The van der Waals surface area contributed by atoms with Crippen molar-refractivity contribution < 1.29 is 0 Å². The van der Waals surface area contributed by atoms with Crippen molar-refractivity contribution in [3.05, 3.63) is 0 Å². The summed E-state index contributed by atoms with van der Waals surface area (Å²) in [5, 5.41) is 0. The minimum Gasteiger partial charge on any atom is -0.146 e. The summed E-state index contributed by atoms with van der Waals surface area (Å²) in [4.78, 5) is 0. The Labute approximate surface area is 637 Å². The summed E-state index contributed by atoms with van der Waals surface area (Å²) in [5.74, 6) is 0. The van der Waals surface area contributed by atoms with E-state index in [0.29, 0.717) is 0 Å². The van der Waals surface area contributed by atoms with Crippen LogP contribution in [0.1, 0.15) is 0 Å². The summed E-state index contributed by atoms with van der Waals surface area (Å²) in [5.41, 5.74) is -2.13. The third-order valence-electron chi connectivity index (χ3n) is 19.3. The van der Waals surface area contributed by atoms with Crippen LogP contribution in [0.5, 0.6) is 0 Å². The monoisotopic (exact) mass is 1000 g/mol. The molecule has 0 aliphatic carbocycles. The second-order valence-electron chi connectivity index (χ2n) is 25.6. The van der Waals surface area contributed by atoms with E-state index in [0.717, 1.165) is 7.06 Å². The molecule has 91 heavy (non-hydrogen) atoms. The maximum Gasteiger partial charge on any atom is 0.0294 e. The lowest BCUT2D eigenvalue weighted by atomic mass is 8.27. The molecule has 0 aliphatic rings. The number of hydrogen-bond acceptors (Lipinski definition) is 0. The zero-order chi connectivity index (χ0) is 72.1. The van der Waals surface area contributed by atoms with E-state index in [1.54, 1.807) is 0 Å². The molecule has 0 saturated carbocycles. The van der Waals surface area contributed by atoms with Crippen LogP contribution in [0.25, 0.3) is 0 Å². The van der Waals surface area contributed by atoms with Crippen molar-refractivity contribution in [2.75, 3.05) is 0 Å². The van der Waals surface area contributed by atoms with Gasteiger partial charge in [0.1, 0.15) is 0 Å². The van der Waals surface area contributed by atoms with E-state index in [-0.39, 0.29) is 0 Å². The molecule has 90 heteroatoms. The van der Waals surface area contributed by atoms with Crippen LogP contribution in [0, 0.1) is 0 Å². The smallest absolute Gasteiger partial charge is 0.0294 e. The largest absolute Gasteiger partial charge is 0.146 e. The number of rotatable bonds is 44. The van der Waals surface area contributed by atoms with E-state index in [1.807, 2.05) is 0 Å². The lowest BCUT2D eigenvalue weighted by Crippen LogP contribution is -2.96. The molecule has 0 fully saturated rings. The molecular weight excluding hydrogens is 985 g/mol. The second-order valence-corrected chi connectivity index (χ2v) is 25.6. The van der Waals surface area contributed by atoms with Crippen LogP contribution in [-0.2, 0) is 0 Å². The first-order valence-corrected chi connectivity index (χ1v) is 30.0. The van der Waals surface area contributed by atoms with Crippen molar-refractivity contribution in [1.29, 1.82) is 0 Å². The molecule has 0 bridgehead atoms. The predicted molar refractivity (Wildman–Crippen MR) is 522 cm³/mol. The minimum atomic E-state index is -2.13. The van der Waals surface area contributed by atoms with E-state index in [2.05, 4.69) is 0 Å². The maximum absolute atomic E-state index is 7.54. The Balaban J connectivity index is 13.8. The molecule has 0 heterocycles. The zero-order valence-corrected chi connectivity index (χ0v) is 52.5. The van der Waals surface area contributed by atoms with E-state index < -0.39 is 281 Å². The molecule has 0 aromatic rings. The van der Waals surface area contributed by atoms with E-state index in [4.69, 9.17) is 356 Å². The van der Waals surface area contributed by atoms with Crippen LogP contribution in [0.4, 0.5) is 0 Å². The van der Waals surface area contributed by atoms with Crippen molar-refractivity contribution >= 4 is 638 Å². The lowest BCUT2D eigenvalue weighted by Gasteiger charge is -2.63. The predicted octanol–water partition coefficient (Wildman–Crippen LogP) is -33.9. The molecule has 0 aliphatic heterocycles. The normalized spacial score (nSPS) is 9.90. The Morgan fingerprint density at radius 3 is 0.308 bits per heavy atom. The van der Waals surface area contributed by atoms with Crippen molar-refractivity contribution in [3.8, 4) is 0 Å². The topological polar surface area (TPSA) is 0 Å². The highest BCUT2D eigenvalue weighted by Gasteiger charge is 2.67. The molecule has 275 valence electrons. The third-order valence-corrected chi connectivity index (χ3v) is 19.3. The standard InChI is InChI=1S/CHB90/c2-48-74(47)75(81(52(3)4)53(5)6)49(76(82(54(7)8)55(9)10)83(56(11)12)57(13)14)1(50(77(84(58(15)16)59(17)18)85(60(19)20)61(21)22)78(86(62(23)24)63(25)26)87(64(27)28)65(29)30)51(79(88(66(31)32)67(33)34)89(68(35)36)69(37)38)80(90(70(39)40)71(41)42)91(72(43)44)73(45)46/h1H. The fourth-order valence-electron chi connectivity index (χ4n) is 16.3. The molecule has 0 nitrogen and oxygen atoms in total. The Morgan fingerprint density at radius 2 is 0.220 bits per heavy atom. The quantitative estimate of drug-likeness (QED) is 0.0534. The average Bonchev–Trinajstić information content (AvgIpc) is 3.33. The van der Waals surface area contributed by atoms with Crippen LogP contribution in [0.2, 0.25) is 5.62 Å². The van der Waals surface area contributed by atoms with Gasteiger partial charge in [-0.2, -0.15) is 0 Å². The average molecular weight is 986 g/mol.